The van der Waals surface area contributed by atoms with E-state index in [0.29, 0.717) is 0 Å². The van der Waals surface area contributed by atoms with Crippen molar-refractivity contribution < 1.29 is 12.8 Å². The zero-order chi connectivity index (χ0) is 15.1. The Hall–Kier alpha value is -0.660. The molecule has 0 amide bonds. The molecule has 0 bridgehead atoms. The smallest absolute Gasteiger partial charge is 0.242 e. The molecule has 0 saturated heterocycles. The van der Waals surface area contributed by atoms with Gasteiger partial charge in [0.25, 0.3) is 0 Å². The molecular weight excluding hydrogens is 347 g/mol. The van der Waals surface area contributed by atoms with Crippen LogP contribution in [0.15, 0.2) is 21.5 Å². The highest BCUT2D eigenvalue weighted by molar-refractivity contribution is 9.10. The van der Waals surface area contributed by atoms with Crippen LogP contribution in [-0.4, -0.2) is 14.5 Å². The Balaban J connectivity index is 2.26. The first-order chi connectivity index (χ1) is 9.11. The molecule has 7 heteroatoms. The van der Waals surface area contributed by atoms with Crippen LogP contribution in [0.25, 0.3) is 0 Å². The minimum absolute atomic E-state index is 0.0268. The molecule has 1 saturated carbocycles. The highest BCUT2D eigenvalue weighted by Crippen LogP contribution is 2.38. The van der Waals surface area contributed by atoms with Gasteiger partial charge in [0.1, 0.15) is 5.82 Å². The van der Waals surface area contributed by atoms with E-state index in [2.05, 4.69) is 34.5 Å². The number of hydrogen-bond donors (Lipinski definition) is 2. The van der Waals surface area contributed by atoms with Crippen molar-refractivity contribution in [1.82, 2.24) is 4.72 Å². The van der Waals surface area contributed by atoms with E-state index >= 15 is 0 Å². The normalized spacial score (nSPS) is 22.1. The second-order valence-corrected chi connectivity index (χ2v) is 8.57. The van der Waals surface area contributed by atoms with Gasteiger partial charge in [-0.2, -0.15) is 0 Å². The van der Waals surface area contributed by atoms with Crippen LogP contribution in [-0.2, 0) is 10.0 Å². The molecule has 0 spiro atoms. The van der Waals surface area contributed by atoms with Crippen molar-refractivity contribution in [3.8, 4) is 0 Å². The summed E-state index contributed by atoms with van der Waals surface area (Å²) >= 11 is 3.07. The fourth-order valence-corrected chi connectivity index (χ4v) is 4.89. The molecular formula is C13H18BrFN2O2S. The number of sulfonamides is 1. The average molecular weight is 365 g/mol. The summed E-state index contributed by atoms with van der Waals surface area (Å²) in [5.41, 5.74) is 5.41. The SMILES string of the molecule is CC1(C)CCC(NS(=O)(=O)c2cc(N)c(F)cc2Br)C1. The van der Waals surface area contributed by atoms with E-state index in [-0.39, 0.29) is 26.5 Å². The van der Waals surface area contributed by atoms with Gasteiger partial charge in [0, 0.05) is 10.5 Å². The lowest BCUT2D eigenvalue weighted by atomic mass is 9.92. The minimum atomic E-state index is -3.71. The van der Waals surface area contributed by atoms with Gasteiger partial charge in [-0.05, 0) is 52.7 Å². The van der Waals surface area contributed by atoms with Gasteiger partial charge in [-0.25, -0.2) is 17.5 Å². The Morgan fingerprint density at radius 3 is 2.65 bits per heavy atom. The number of anilines is 1. The van der Waals surface area contributed by atoms with Gasteiger partial charge in [-0.3, -0.25) is 0 Å². The fraction of sp³-hybridized carbons (Fsp3) is 0.538. The topological polar surface area (TPSA) is 72.2 Å². The van der Waals surface area contributed by atoms with Gasteiger partial charge in [0.15, 0.2) is 0 Å². The van der Waals surface area contributed by atoms with Crippen molar-refractivity contribution >= 4 is 31.6 Å². The summed E-state index contributed by atoms with van der Waals surface area (Å²) in [6.07, 6.45) is 2.58. The van der Waals surface area contributed by atoms with E-state index in [1.54, 1.807) is 0 Å². The Kier molecular flexibility index (Phi) is 4.15. The van der Waals surface area contributed by atoms with Gasteiger partial charge in [-0.1, -0.05) is 13.8 Å². The number of hydrogen-bond acceptors (Lipinski definition) is 3. The van der Waals surface area contributed by atoms with E-state index in [0.717, 1.165) is 31.4 Å². The molecule has 0 aromatic heterocycles. The third kappa shape index (κ3) is 3.32. The molecule has 1 fully saturated rings. The van der Waals surface area contributed by atoms with Crippen LogP contribution in [0.5, 0.6) is 0 Å². The van der Waals surface area contributed by atoms with Crippen molar-refractivity contribution in [2.75, 3.05) is 5.73 Å². The average Bonchev–Trinajstić information content (AvgIpc) is 2.62. The largest absolute Gasteiger partial charge is 0.396 e. The highest BCUT2D eigenvalue weighted by Gasteiger charge is 2.34. The molecule has 1 aliphatic rings. The maximum atomic E-state index is 13.3. The maximum absolute atomic E-state index is 13.3. The molecule has 3 N–H and O–H groups in total. The number of nitrogens with two attached hydrogens (primary N) is 1. The van der Waals surface area contributed by atoms with Crippen LogP contribution in [0.2, 0.25) is 0 Å². The lowest BCUT2D eigenvalue weighted by Gasteiger charge is -2.18. The Bertz CT molecular complexity index is 632. The van der Waals surface area contributed by atoms with E-state index < -0.39 is 15.8 Å². The molecule has 1 aromatic carbocycles. The van der Waals surface area contributed by atoms with Gasteiger partial charge < -0.3 is 5.73 Å². The first-order valence-corrected chi connectivity index (χ1v) is 8.65. The molecule has 1 aliphatic carbocycles. The first-order valence-electron chi connectivity index (χ1n) is 6.38. The van der Waals surface area contributed by atoms with Crippen LogP contribution >= 0.6 is 15.9 Å². The molecule has 20 heavy (non-hydrogen) atoms. The predicted octanol–water partition coefficient (Wildman–Crippen LogP) is 3.03. The second kappa shape index (κ2) is 5.27. The number of nitrogens with one attached hydrogen (secondary N) is 1. The predicted molar refractivity (Wildman–Crippen MR) is 80.3 cm³/mol. The van der Waals surface area contributed by atoms with Crippen molar-refractivity contribution in [3.63, 3.8) is 0 Å². The second-order valence-electron chi connectivity index (χ2n) is 6.03. The summed E-state index contributed by atoms with van der Waals surface area (Å²) < 4.78 is 40.9. The monoisotopic (exact) mass is 364 g/mol. The third-order valence-corrected chi connectivity index (χ3v) is 6.11. The summed E-state index contributed by atoms with van der Waals surface area (Å²) in [5, 5.41) is 0. The van der Waals surface area contributed by atoms with Crippen molar-refractivity contribution in [1.29, 1.82) is 0 Å². The molecule has 0 aliphatic heterocycles. The number of benzene rings is 1. The maximum Gasteiger partial charge on any atom is 0.242 e. The first kappa shape index (κ1) is 15.7. The molecule has 4 nitrogen and oxygen atoms in total. The lowest BCUT2D eigenvalue weighted by molar-refractivity contribution is 0.372. The standard InChI is InChI=1S/C13H18BrFN2O2S/c1-13(2)4-3-8(7-13)17-20(18,19)12-6-11(16)10(15)5-9(12)14/h5-6,8,17H,3-4,7,16H2,1-2H3. The Morgan fingerprint density at radius 1 is 1.45 bits per heavy atom. The molecule has 2 rings (SSSR count). The van der Waals surface area contributed by atoms with Crippen LogP contribution in [0.1, 0.15) is 33.1 Å². The number of rotatable bonds is 3. The molecule has 1 unspecified atom stereocenters. The summed E-state index contributed by atoms with van der Waals surface area (Å²) in [7, 11) is -3.71. The molecule has 1 aromatic rings. The van der Waals surface area contributed by atoms with E-state index in [1.807, 2.05) is 0 Å². The molecule has 112 valence electrons. The van der Waals surface area contributed by atoms with Crippen molar-refractivity contribution in [2.24, 2.45) is 5.41 Å². The Morgan fingerprint density at radius 2 is 2.10 bits per heavy atom. The Labute approximate surface area is 127 Å². The van der Waals surface area contributed by atoms with Gasteiger partial charge in [0.2, 0.25) is 10.0 Å². The summed E-state index contributed by atoms with van der Waals surface area (Å²) in [6, 6.07) is 2.12. The highest BCUT2D eigenvalue weighted by atomic mass is 79.9. The van der Waals surface area contributed by atoms with Crippen LogP contribution in [0.4, 0.5) is 10.1 Å². The third-order valence-electron chi connectivity index (χ3n) is 3.63. The zero-order valence-electron chi connectivity index (χ0n) is 11.4. The van der Waals surface area contributed by atoms with Crippen LogP contribution in [0.3, 0.4) is 0 Å². The van der Waals surface area contributed by atoms with Gasteiger partial charge in [0.05, 0.1) is 10.6 Å². The zero-order valence-corrected chi connectivity index (χ0v) is 13.8. The van der Waals surface area contributed by atoms with Crippen LogP contribution < -0.4 is 10.5 Å². The molecule has 0 radical (unpaired) electrons. The van der Waals surface area contributed by atoms with Crippen LogP contribution in [0, 0.1) is 11.2 Å². The quantitative estimate of drug-likeness (QED) is 0.809. The summed E-state index contributed by atoms with van der Waals surface area (Å²) in [5.74, 6) is -0.641. The molecule has 1 atom stereocenters. The van der Waals surface area contributed by atoms with Gasteiger partial charge >= 0.3 is 0 Å². The van der Waals surface area contributed by atoms with Gasteiger partial charge in [-0.15, -0.1) is 0 Å². The number of halogens is 2. The number of nitrogen functional groups attached to an aromatic ring is 1. The minimum Gasteiger partial charge on any atom is -0.396 e. The van der Waals surface area contributed by atoms with E-state index in [4.69, 9.17) is 5.73 Å². The molecule has 0 heterocycles. The van der Waals surface area contributed by atoms with E-state index in [9.17, 15) is 12.8 Å². The lowest BCUT2D eigenvalue weighted by Crippen LogP contribution is -2.33. The van der Waals surface area contributed by atoms with E-state index in [1.165, 1.54) is 0 Å². The van der Waals surface area contributed by atoms with Crippen molar-refractivity contribution in [2.45, 2.75) is 44.0 Å². The van der Waals surface area contributed by atoms with Crippen molar-refractivity contribution in [3.05, 3.63) is 22.4 Å². The summed E-state index contributed by atoms with van der Waals surface area (Å²) in [6.45, 7) is 4.24. The summed E-state index contributed by atoms with van der Waals surface area (Å²) in [4.78, 5) is -0.0268. The fourth-order valence-electron chi connectivity index (χ4n) is 2.57.